The number of oxazole rings is 1. The lowest BCUT2D eigenvalue weighted by Gasteiger charge is -2.09. The molecule has 158 valence electrons. The number of aryl methyl sites for hydroxylation is 2. The standard InChI is InChI=1S/C24H24N4O3/c1-4-30-14-17-6-5-15(2)19(11-17)28-24-27-13-21(31-24)18-8-10-25-20(12-18)22-16(3)7-9-26-23(22)29/h5-13H,4,14H2,1-3H3,(H,26,29)(H,27,28). The predicted molar refractivity (Wildman–Crippen MR) is 120 cm³/mol. The summed E-state index contributed by atoms with van der Waals surface area (Å²) in [7, 11) is 0. The van der Waals surface area contributed by atoms with Crippen molar-refractivity contribution in [3.63, 3.8) is 0 Å². The van der Waals surface area contributed by atoms with Gasteiger partial charge in [-0.1, -0.05) is 12.1 Å². The first-order valence-electron chi connectivity index (χ1n) is 10.1. The Bertz CT molecular complexity index is 1260. The van der Waals surface area contributed by atoms with Gasteiger partial charge in [0.15, 0.2) is 5.76 Å². The fraction of sp³-hybridized carbons (Fsp3) is 0.208. The Morgan fingerprint density at radius 3 is 2.77 bits per heavy atom. The molecule has 0 saturated carbocycles. The molecule has 1 aromatic carbocycles. The van der Waals surface area contributed by atoms with E-state index < -0.39 is 0 Å². The van der Waals surface area contributed by atoms with Crippen molar-refractivity contribution in [1.29, 1.82) is 0 Å². The third-order valence-electron chi connectivity index (χ3n) is 4.99. The molecule has 0 aliphatic carbocycles. The first-order chi connectivity index (χ1) is 15.0. The van der Waals surface area contributed by atoms with Crippen molar-refractivity contribution in [2.45, 2.75) is 27.4 Å². The van der Waals surface area contributed by atoms with E-state index in [0.717, 1.165) is 27.9 Å². The first kappa shape index (κ1) is 20.6. The minimum Gasteiger partial charge on any atom is -0.423 e. The van der Waals surface area contributed by atoms with Crippen molar-refractivity contribution in [3.8, 4) is 22.6 Å². The molecule has 0 aliphatic heterocycles. The summed E-state index contributed by atoms with van der Waals surface area (Å²) >= 11 is 0. The van der Waals surface area contributed by atoms with E-state index in [2.05, 4.69) is 20.3 Å². The van der Waals surface area contributed by atoms with E-state index >= 15 is 0 Å². The van der Waals surface area contributed by atoms with Crippen LogP contribution in [0.4, 0.5) is 11.7 Å². The van der Waals surface area contributed by atoms with Crippen LogP contribution in [0, 0.1) is 13.8 Å². The van der Waals surface area contributed by atoms with E-state index in [-0.39, 0.29) is 5.56 Å². The number of ether oxygens (including phenoxy) is 1. The van der Waals surface area contributed by atoms with E-state index in [9.17, 15) is 4.79 Å². The lowest BCUT2D eigenvalue weighted by Crippen LogP contribution is -2.10. The molecule has 0 amide bonds. The zero-order chi connectivity index (χ0) is 21.8. The van der Waals surface area contributed by atoms with Gasteiger partial charge in [-0.3, -0.25) is 9.78 Å². The van der Waals surface area contributed by atoms with Crippen LogP contribution in [0.1, 0.15) is 23.6 Å². The van der Waals surface area contributed by atoms with Gasteiger partial charge in [-0.25, -0.2) is 4.98 Å². The predicted octanol–water partition coefficient (Wildman–Crippen LogP) is 4.99. The summed E-state index contributed by atoms with van der Waals surface area (Å²) in [5, 5.41) is 3.24. The Hall–Kier alpha value is -3.71. The highest BCUT2D eigenvalue weighted by Crippen LogP contribution is 2.28. The van der Waals surface area contributed by atoms with Crippen molar-refractivity contribution < 1.29 is 9.15 Å². The molecule has 0 saturated heterocycles. The van der Waals surface area contributed by atoms with Gasteiger partial charge in [0, 0.05) is 30.3 Å². The highest BCUT2D eigenvalue weighted by atomic mass is 16.5. The monoisotopic (exact) mass is 416 g/mol. The molecule has 0 spiro atoms. The maximum absolute atomic E-state index is 12.3. The first-order valence-corrected chi connectivity index (χ1v) is 10.1. The third kappa shape index (κ3) is 4.57. The van der Waals surface area contributed by atoms with Crippen molar-refractivity contribution in [2.75, 3.05) is 11.9 Å². The number of hydrogen-bond acceptors (Lipinski definition) is 6. The van der Waals surface area contributed by atoms with Gasteiger partial charge in [-0.15, -0.1) is 0 Å². The quantitative estimate of drug-likeness (QED) is 0.441. The summed E-state index contributed by atoms with van der Waals surface area (Å²) in [4.78, 5) is 23.7. The number of nitrogens with one attached hydrogen (secondary N) is 2. The van der Waals surface area contributed by atoms with Crippen LogP contribution in [-0.2, 0) is 11.3 Å². The second kappa shape index (κ2) is 8.97. The second-order valence-corrected chi connectivity index (χ2v) is 7.24. The number of H-pyrrole nitrogens is 1. The highest BCUT2D eigenvalue weighted by Gasteiger charge is 2.13. The average molecular weight is 416 g/mol. The van der Waals surface area contributed by atoms with Crippen molar-refractivity contribution in [3.05, 3.63) is 82.0 Å². The summed E-state index contributed by atoms with van der Waals surface area (Å²) in [5.74, 6) is 0.583. The molecule has 0 aliphatic rings. The van der Waals surface area contributed by atoms with Crippen LogP contribution in [0.5, 0.6) is 0 Å². The fourth-order valence-electron chi connectivity index (χ4n) is 3.31. The van der Waals surface area contributed by atoms with Crippen LogP contribution in [0.2, 0.25) is 0 Å². The SMILES string of the molecule is CCOCc1ccc(C)c(Nc2ncc(-c3ccnc(-c4c(C)cc[nH]c4=O)c3)o2)c1. The Balaban J connectivity index is 1.60. The molecular formula is C24H24N4O3. The van der Waals surface area contributed by atoms with E-state index in [1.807, 2.05) is 57.2 Å². The number of rotatable bonds is 7. The van der Waals surface area contributed by atoms with E-state index in [1.54, 1.807) is 18.6 Å². The lowest BCUT2D eigenvalue weighted by atomic mass is 10.1. The smallest absolute Gasteiger partial charge is 0.299 e. The average Bonchev–Trinajstić information content (AvgIpc) is 3.23. The maximum Gasteiger partial charge on any atom is 0.299 e. The molecule has 4 rings (SSSR count). The number of anilines is 2. The van der Waals surface area contributed by atoms with Gasteiger partial charge in [-0.05, 0) is 61.7 Å². The van der Waals surface area contributed by atoms with Crippen LogP contribution in [0.25, 0.3) is 22.6 Å². The number of aromatic nitrogens is 3. The number of aromatic amines is 1. The normalized spacial score (nSPS) is 10.9. The Kier molecular flexibility index (Phi) is 5.95. The van der Waals surface area contributed by atoms with E-state index in [4.69, 9.17) is 9.15 Å². The second-order valence-electron chi connectivity index (χ2n) is 7.24. The zero-order valence-corrected chi connectivity index (χ0v) is 17.7. The summed E-state index contributed by atoms with van der Waals surface area (Å²) in [6.45, 7) is 7.10. The number of benzene rings is 1. The summed E-state index contributed by atoms with van der Waals surface area (Å²) in [6.07, 6.45) is 4.95. The molecule has 0 fully saturated rings. The van der Waals surface area contributed by atoms with Crippen LogP contribution in [0.3, 0.4) is 0 Å². The summed E-state index contributed by atoms with van der Waals surface area (Å²) < 4.78 is 11.4. The van der Waals surface area contributed by atoms with Crippen LogP contribution in [0.15, 0.2) is 64.2 Å². The molecule has 31 heavy (non-hydrogen) atoms. The molecule has 0 bridgehead atoms. The van der Waals surface area contributed by atoms with Crippen LogP contribution in [-0.4, -0.2) is 21.6 Å². The molecule has 0 unspecified atom stereocenters. The topological polar surface area (TPSA) is 93.0 Å². The zero-order valence-electron chi connectivity index (χ0n) is 17.7. The Labute approximate surface area is 180 Å². The number of hydrogen-bond donors (Lipinski definition) is 2. The molecule has 7 heteroatoms. The Morgan fingerprint density at radius 1 is 1.10 bits per heavy atom. The highest BCUT2D eigenvalue weighted by molar-refractivity contribution is 5.69. The van der Waals surface area contributed by atoms with E-state index in [0.29, 0.717) is 36.2 Å². The minimum absolute atomic E-state index is 0.174. The molecule has 4 aromatic rings. The number of nitrogens with zero attached hydrogens (tertiary/aromatic N) is 2. The maximum atomic E-state index is 12.3. The summed E-state index contributed by atoms with van der Waals surface area (Å²) in [5.41, 5.74) is 5.66. The van der Waals surface area contributed by atoms with Crippen LogP contribution < -0.4 is 10.9 Å². The van der Waals surface area contributed by atoms with Crippen molar-refractivity contribution >= 4 is 11.7 Å². The van der Waals surface area contributed by atoms with Gasteiger partial charge in [0.25, 0.3) is 11.6 Å². The molecule has 3 aromatic heterocycles. The van der Waals surface area contributed by atoms with Gasteiger partial charge < -0.3 is 19.5 Å². The van der Waals surface area contributed by atoms with Gasteiger partial charge >= 0.3 is 0 Å². The summed E-state index contributed by atoms with van der Waals surface area (Å²) in [6, 6.07) is 12.0. The molecule has 3 heterocycles. The largest absolute Gasteiger partial charge is 0.423 e. The molecule has 0 radical (unpaired) electrons. The van der Waals surface area contributed by atoms with Gasteiger partial charge in [-0.2, -0.15) is 0 Å². The molecular weight excluding hydrogens is 392 g/mol. The van der Waals surface area contributed by atoms with Crippen molar-refractivity contribution in [1.82, 2.24) is 15.0 Å². The van der Waals surface area contributed by atoms with Gasteiger partial charge in [0.1, 0.15) is 0 Å². The minimum atomic E-state index is -0.174. The van der Waals surface area contributed by atoms with Crippen LogP contribution >= 0.6 is 0 Å². The lowest BCUT2D eigenvalue weighted by molar-refractivity contribution is 0.134. The van der Waals surface area contributed by atoms with Crippen molar-refractivity contribution in [2.24, 2.45) is 0 Å². The molecule has 7 nitrogen and oxygen atoms in total. The fourth-order valence-corrected chi connectivity index (χ4v) is 3.31. The van der Waals surface area contributed by atoms with Gasteiger partial charge in [0.2, 0.25) is 0 Å². The molecule has 2 N–H and O–H groups in total. The van der Waals surface area contributed by atoms with E-state index in [1.165, 1.54) is 0 Å². The Morgan fingerprint density at radius 2 is 1.97 bits per heavy atom. The number of pyridine rings is 2. The third-order valence-corrected chi connectivity index (χ3v) is 4.99. The van der Waals surface area contributed by atoms with Gasteiger partial charge in [0.05, 0.1) is 24.1 Å². The molecule has 0 atom stereocenters.